The van der Waals surface area contributed by atoms with Crippen molar-refractivity contribution in [3.8, 4) is 22.9 Å². The zero-order chi connectivity index (χ0) is 19.5. The molecule has 0 saturated carbocycles. The first-order valence-corrected chi connectivity index (χ1v) is 8.99. The molecule has 4 rings (SSSR count). The van der Waals surface area contributed by atoms with Gasteiger partial charge in [0, 0.05) is 5.56 Å². The number of carbonyl (C=O) groups excluding carboxylic acids is 1. The largest absolute Gasteiger partial charge is 0.497 e. The van der Waals surface area contributed by atoms with Gasteiger partial charge in [-0.1, -0.05) is 23.5 Å². The number of methoxy groups -OCH3 is 1. The Morgan fingerprint density at radius 2 is 1.96 bits per heavy atom. The number of ether oxygens (including phenoxy) is 2. The fourth-order valence-electron chi connectivity index (χ4n) is 2.45. The quantitative estimate of drug-likeness (QED) is 0.536. The lowest BCUT2D eigenvalue weighted by atomic mass is 10.2. The smallest absolute Gasteiger partial charge is 0.264 e. The summed E-state index contributed by atoms with van der Waals surface area (Å²) in [6.07, 6.45) is 0. The number of hydrogen-bond acceptors (Lipinski definition) is 7. The third-order valence-electron chi connectivity index (χ3n) is 3.78. The number of rotatable bonds is 6. The molecule has 0 atom stereocenters. The number of amides is 1. The number of para-hydroxylation sites is 1. The molecule has 10 heteroatoms. The number of fused-ring (bicyclic) bond motifs is 1. The topological polar surface area (TPSA) is 90.6 Å². The average molecular weight is 399 g/mol. The van der Waals surface area contributed by atoms with E-state index in [4.69, 9.17) is 9.47 Å². The van der Waals surface area contributed by atoms with Crippen LogP contribution in [-0.2, 0) is 4.79 Å². The van der Waals surface area contributed by atoms with Gasteiger partial charge in [-0.3, -0.25) is 10.1 Å². The average Bonchev–Trinajstić information content (AvgIpc) is 3.27. The van der Waals surface area contributed by atoms with Crippen molar-refractivity contribution < 1.29 is 18.7 Å². The second-order valence-corrected chi connectivity index (χ2v) is 6.58. The Balaban J connectivity index is 1.47. The van der Waals surface area contributed by atoms with E-state index in [1.807, 2.05) is 24.3 Å². The first-order chi connectivity index (χ1) is 13.6. The van der Waals surface area contributed by atoms with Gasteiger partial charge >= 0.3 is 0 Å². The van der Waals surface area contributed by atoms with Crippen molar-refractivity contribution in [2.24, 2.45) is 0 Å². The third kappa shape index (κ3) is 3.62. The Morgan fingerprint density at radius 1 is 1.18 bits per heavy atom. The van der Waals surface area contributed by atoms with Gasteiger partial charge in [-0.15, -0.1) is 15.3 Å². The molecule has 0 spiro atoms. The molecule has 0 aliphatic heterocycles. The van der Waals surface area contributed by atoms with Crippen LogP contribution < -0.4 is 14.8 Å². The molecule has 28 heavy (non-hydrogen) atoms. The third-order valence-corrected chi connectivity index (χ3v) is 4.60. The first kappa shape index (κ1) is 17.9. The van der Waals surface area contributed by atoms with Crippen LogP contribution in [0.4, 0.5) is 9.52 Å². The van der Waals surface area contributed by atoms with Gasteiger partial charge < -0.3 is 9.47 Å². The molecule has 2 aromatic heterocycles. The summed E-state index contributed by atoms with van der Waals surface area (Å²) in [5, 5.41) is 15.5. The zero-order valence-corrected chi connectivity index (χ0v) is 15.4. The van der Waals surface area contributed by atoms with Gasteiger partial charge in [-0.05, 0) is 36.4 Å². The fourth-order valence-corrected chi connectivity index (χ4v) is 3.20. The van der Waals surface area contributed by atoms with Crippen LogP contribution in [0.5, 0.6) is 11.5 Å². The Hall–Kier alpha value is -3.53. The summed E-state index contributed by atoms with van der Waals surface area (Å²) >= 11 is 1.17. The normalized spacial score (nSPS) is 10.8. The minimum atomic E-state index is -0.529. The second kappa shape index (κ2) is 7.61. The Labute approximate surface area is 162 Å². The number of benzene rings is 2. The van der Waals surface area contributed by atoms with E-state index in [-0.39, 0.29) is 12.4 Å². The van der Waals surface area contributed by atoms with Gasteiger partial charge in [0.15, 0.2) is 24.0 Å². The fraction of sp³-hybridized carbons (Fsp3) is 0.111. The van der Waals surface area contributed by atoms with E-state index < -0.39 is 11.7 Å². The van der Waals surface area contributed by atoms with E-state index in [2.05, 4.69) is 20.6 Å². The monoisotopic (exact) mass is 399 g/mol. The van der Waals surface area contributed by atoms with Crippen LogP contribution in [0.2, 0.25) is 0 Å². The first-order valence-electron chi connectivity index (χ1n) is 8.18. The molecule has 0 saturated heterocycles. The Kier molecular flexibility index (Phi) is 4.85. The summed E-state index contributed by atoms with van der Waals surface area (Å²) in [5.41, 5.74) is 0.805. The van der Waals surface area contributed by atoms with E-state index in [0.29, 0.717) is 15.9 Å². The molecule has 0 aliphatic carbocycles. The minimum Gasteiger partial charge on any atom is -0.497 e. The summed E-state index contributed by atoms with van der Waals surface area (Å²) in [6.45, 7) is -0.341. The standard InChI is InChI=1S/C18H14FN5O3S/c1-26-12-8-6-11(7-9-12)16-21-22-18-24(16)23-17(28-18)20-15(25)10-27-14-5-3-2-4-13(14)19/h2-9H,10H2,1H3,(H,20,23,25). The molecular formula is C18H14FN5O3S. The maximum atomic E-state index is 13.5. The van der Waals surface area contributed by atoms with Crippen molar-refractivity contribution in [2.45, 2.75) is 0 Å². The van der Waals surface area contributed by atoms with Crippen LogP contribution in [0, 0.1) is 5.82 Å². The Morgan fingerprint density at radius 3 is 2.71 bits per heavy atom. The van der Waals surface area contributed by atoms with Crippen molar-refractivity contribution in [2.75, 3.05) is 19.0 Å². The van der Waals surface area contributed by atoms with Gasteiger partial charge in [0.2, 0.25) is 10.1 Å². The number of halogens is 1. The summed E-state index contributed by atoms with van der Waals surface area (Å²) in [7, 11) is 1.59. The molecule has 0 aliphatic rings. The summed E-state index contributed by atoms with van der Waals surface area (Å²) < 4.78 is 25.4. The van der Waals surface area contributed by atoms with Crippen molar-refractivity contribution in [3.63, 3.8) is 0 Å². The van der Waals surface area contributed by atoms with Crippen LogP contribution in [0.1, 0.15) is 0 Å². The molecular weight excluding hydrogens is 385 g/mol. The van der Waals surface area contributed by atoms with Gasteiger partial charge in [-0.2, -0.15) is 4.52 Å². The molecule has 1 N–H and O–H groups in total. The number of nitrogens with one attached hydrogen (secondary N) is 1. The lowest BCUT2D eigenvalue weighted by Gasteiger charge is -2.06. The van der Waals surface area contributed by atoms with Crippen LogP contribution >= 0.6 is 11.3 Å². The minimum absolute atomic E-state index is 0.0117. The predicted octanol–water partition coefficient (Wildman–Crippen LogP) is 3.02. The molecule has 8 nitrogen and oxygen atoms in total. The van der Waals surface area contributed by atoms with Gasteiger partial charge in [0.1, 0.15) is 5.75 Å². The van der Waals surface area contributed by atoms with Crippen LogP contribution in [0.25, 0.3) is 16.3 Å². The maximum Gasteiger partial charge on any atom is 0.264 e. The number of hydrogen-bond donors (Lipinski definition) is 1. The van der Waals surface area contributed by atoms with Gasteiger partial charge in [0.05, 0.1) is 7.11 Å². The zero-order valence-electron chi connectivity index (χ0n) is 14.6. The highest BCUT2D eigenvalue weighted by Gasteiger charge is 2.15. The van der Waals surface area contributed by atoms with E-state index in [9.17, 15) is 9.18 Å². The molecule has 0 fully saturated rings. The van der Waals surface area contributed by atoms with E-state index in [0.717, 1.165) is 11.3 Å². The van der Waals surface area contributed by atoms with Crippen molar-refractivity contribution >= 4 is 27.3 Å². The van der Waals surface area contributed by atoms with E-state index in [1.165, 1.54) is 23.5 Å². The van der Waals surface area contributed by atoms with Gasteiger partial charge in [-0.25, -0.2) is 4.39 Å². The highest BCUT2D eigenvalue weighted by atomic mass is 32.1. The SMILES string of the molecule is COc1ccc(-c2nnc3sc(NC(=O)COc4ccccc4F)nn23)cc1. The lowest BCUT2D eigenvalue weighted by molar-refractivity contribution is -0.118. The number of nitrogens with zero attached hydrogens (tertiary/aromatic N) is 4. The highest BCUT2D eigenvalue weighted by molar-refractivity contribution is 7.20. The van der Waals surface area contributed by atoms with E-state index in [1.54, 1.807) is 23.8 Å². The second-order valence-electron chi connectivity index (χ2n) is 5.62. The van der Waals surface area contributed by atoms with Crippen LogP contribution in [0.3, 0.4) is 0 Å². The van der Waals surface area contributed by atoms with Crippen LogP contribution in [-0.4, -0.2) is 39.4 Å². The van der Waals surface area contributed by atoms with Gasteiger partial charge in [0.25, 0.3) is 5.91 Å². The summed E-state index contributed by atoms with van der Waals surface area (Å²) in [6, 6.07) is 13.2. The molecule has 4 aromatic rings. The molecule has 2 heterocycles. The number of anilines is 1. The molecule has 0 bridgehead atoms. The highest BCUT2D eigenvalue weighted by Crippen LogP contribution is 2.25. The maximum absolute atomic E-state index is 13.5. The van der Waals surface area contributed by atoms with Crippen molar-refractivity contribution in [1.82, 2.24) is 19.8 Å². The predicted molar refractivity (Wildman–Crippen MR) is 101 cm³/mol. The number of carbonyl (C=O) groups is 1. The molecule has 2 aromatic carbocycles. The van der Waals surface area contributed by atoms with Crippen molar-refractivity contribution in [1.29, 1.82) is 0 Å². The number of aromatic nitrogens is 4. The molecule has 0 radical (unpaired) electrons. The summed E-state index contributed by atoms with van der Waals surface area (Å²) in [4.78, 5) is 12.6. The van der Waals surface area contributed by atoms with E-state index >= 15 is 0 Å². The molecule has 1 amide bonds. The molecule has 0 unspecified atom stereocenters. The molecule has 142 valence electrons. The lowest BCUT2D eigenvalue weighted by Crippen LogP contribution is -2.20. The Bertz CT molecular complexity index is 1130. The van der Waals surface area contributed by atoms with Crippen molar-refractivity contribution in [3.05, 3.63) is 54.3 Å². The summed E-state index contributed by atoms with van der Waals surface area (Å²) in [5.74, 6) is 0.289. The van der Waals surface area contributed by atoms with Crippen LogP contribution in [0.15, 0.2) is 48.5 Å².